The highest BCUT2D eigenvalue weighted by molar-refractivity contribution is 9.10. The Balaban J connectivity index is 1.86. The molecule has 3 nitrogen and oxygen atoms in total. The van der Waals surface area contributed by atoms with Crippen molar-refractivity contribution in [3.05, 3.63) is 64.6 Å². The lowest BCUT2D eigenvalue weighted by Crippen LogP contribution is -2.10. The van der Waals surface area contributed by atoms with Crippen LogP contribution in [0, 0.1) is 5.82 Å². The predicted molar refractivity (Wildman–Crippen MR) is 78.3 cm³/mol. The van der Waals surface area contributed by atoms with Gasteiger partial charge in [-0.05, 0) is 46.3 Å². The molecule has 0 aliphatic rings. The Morgan fingerprint density at radius 3 is 2.70 bits per heavy atom. The van der Waals surface area contributed by atoms with Gasteiger partial charge in [-0.25, -0.2) is 4.39 Å². The molecule has 0 spiro atoms. The van der Waals surface area contributed by atoms with Crippen molar-refractivity contribution in [3.63, 3.8) is 0 Å². The van der Waals surface area contributed by atoms with Crippen molar-refractivity contribution in [1.82, 2.24) is 0 Å². The first-order chi connectivity index (χ1) is 9.63. The Morgan fingerprint density at radius 2 is 1.95 bits per heavy atom. The van der Waals surface area contributed by atoms with E-state index >= 15 is 0 Å². The Labute approximate surface area is 122 Å². The lowest BCUT2D eigenvalue weighted by atomic mass is 10.2. The number of para-hydroxylation sites is 1. The Hall–Kier alpha value is -2.14. The van der Waals surface area contributed by atoms with E-state index in [1.165, 1.54) is 12.1 Å². The molecule has 0 unspecified atom stereocenters. The minimum absolute atomic E-state index is 0.189. The first kappa shape index (κ1) is 12.9. The average Bonchev–Trinajstić information content (AvgIpc) is 2.87. The molecular formula is C15H9BrFNO2. The monoisotopic (exact) mass is 333 g/mol. The zero-order valence-electron chi connectivity index (χ0n) is 10.2. The first-order valence-corrected chi connectivity index (χ1v) is 6.68. The summed E-state index contributed by atoms with van der Waals surface area (Å²) in [5.74, 6) is -0.662. The fourth-order valence-corrected chi connectivity index (χ4v) is 2.11. The van der Waals surface area contributed by atoms with Gasteiger partial charge in [-0.2, -0.15) is 0 Å². The fourth-order valence-electron chi connectivity index (χ4n) is 1.86. The number of carbonyl (C=O) groups excluding carboxylic acids is 1. The number of hydrogen-bond acceptors (Lipinski definition) is 2. The smallest absolute Gasteiger partial charge is 0.291 e. The molecule has 1 N–H and O–H groups in total. The largest absolute Gasteiger partial charge is 0.451 e. The molecule has 20 heavy (non-hydrogen) atoms. The second-order valence-electron chi connectivity index (χ2n) is 4.23. The van der Waals surface area contributed by atoms with Crippen molar-refractivity contribution in [1.29, 1.82) is 0 Å². The lowest BCUT2D eigenvalue weighted by molar-refractivity contribution is 0.0998. The van der Waals surface area contributed by atoms with Crippen LogP contribution in [-0.2, 0) is 0 Å². The van der Waals surface area contributed by atoms with Gasteiger partial charge in [0.15, 0.2) is 5.76 Å². The highest BCUT2D eigenvalue weighted by atomic mass is 79.9. The van der Waals surface area contributed by atoms with Gasteiger partial charge in [-0.3, -0.25) is 4.79 Å². The Morgan fingerprint density at radius 1 is 1.15 bits per heavy atom. The SMILES string of the molecule is O=C(Nc1ccc(Br)c(F)c1)c1cc2ccccc2o1. The molecular weight excluding hydrogens is 325 g/mol. The van der Waals surface area contributed by atoms with E-state index in [0.29, 0.717) is 15.7 Å². The van der Waals surface area contributed by atoms with Crippen LogP contribution in [0.15, 0.2) is 57.4 Å². The number of anilines is 1. The van der Waals surface area contributed by atoms with Crippen molar-refractivity contribution >= 4 is 38.5 Å². The van der Waals surface area contributed by atoms with Crippen LogP contribution in [0.25, 0.3) is 11.0 Å². The number of hydrogen-bond donors (Lipinski definition) is 1. The number of nitrogens with one attached hydrogen (secondary N) is 1. The van der Waals surface area contributed by atoms with Crippen molar-refractivity contribution in [3.8, 4) is 0 Å². The molecule has 3 aromatic rings. The highest BCUT2D eigenvalue weighted by Crippen LogP contribution is 2.22. The van der Waals surface area contributed by atoms with Crippen LogP contribution in [0.2, 0.25) is 0 Å². The molecule has 1 aromatic heterocycles. The highest BCUT2D eigenvalue weighted by Gasteiger charge is 2.12. The first-order valence-electron chi connectivity index (χ1n) is 5.88. The molecule has 0 aliphatic carbocycles. The van der Waals surface area contributed by atoms with Crippen molar-refractivity contribution in [2.75, 3.05) is 5.32 Å². The van der Waals surface area contributed by atoms with Gasteiger partial charge in [0.25, 0.3) is 5.91 Å². The quantitative estimate of drug-likeness (QED) is 0.745. The van der Waals surface area contributed by atoms with Crippen LogP contribution in [-0.4, -0.2) is 5.91 Å². The van der Waals surface area contributed by atoms with Crippen LogP contribution in [0.3, 0.4) is 0 Å². The maximum absolute atomic E-state index is 13.4. The minimum Gasteiger partial charge on any atom is -0.451 e. The van der Waals surface area contributed by atoms with Gasteiger partial charge in [0.1, 0.15) is 11.4 Å². The van der Waals surface area contributed by atoms with Crippen molar-refractivity contribution in [2.24, 2.45) is 0 Å². The fraction of sp³-hybridized carbons (Fsp3) is 0. The number of furan rings is 1. The molecule has 0 bridgehead atoms. The van der Waals surface area contributed by atoms with E-state index < -0.39 is 11.7 Å². The number of amides is 1. The molecule has 0 atom stereocenters. The van der Waals surface area contributed by atoms with Crippen LogP contribution in [0.4, 0.5) is 10.1 Å². The zero-order chi connectivity index (χ0) is 14.1. The Bertz CT molecular complexity index is 764. The summed E-state index contributed by atoms with van der Waals surface area (Å²) in [7, 11) is 0. The van der Waals surface area contributed by atoms with E-state index in [1.54, 1.807) is 18.2 Å². The average molecular weight is 334 g/mol. The third-order valence-corrected chi connectivity index (χ3v) is 3.47. The van der Waals surface area contributed by atoms with E-state index in [9.17, 15) is 9.18 Å². The molecule has 0 fully saturated rings. The normalized spacial score (nSPS) is 10.7. The number of fused-ring (bicyclic) bond motifs is 1. The van der Waals surface area contributed by atoms with Gasteiger partial charge in [-0.15, -0.1) is 0 Å². The predicted octanol–water partition coefficient (Wildman–Crippen LogP) is 4.59. The number of halogens is 2. The topological polar surface area (TPSA) is 42.2 Å². The molecule has 1 amide bonds. The van der Waals surface area contributed by atoms with Crippen molar-refractivity contribution < 1.29 is 13.6 Å². The summed E-state index contributed by atoms with van der Waals surface area (Å²) in [6, 6.07) is 13.4. The van der Waals surface area contributed by atoms with Crippen molar-refractivity contribution in [2.45, 2.75) is 0 Å². The van der Waals surface area contributed by atoms with Gasteiger partial charge in [0, 0.05) is 11.1 Å². The lowest BCUT2D eigenvalue weighted by Gasteiger charge is -2.03. The molecule has 3 rings (SSSR count). The zero-order valence-corrected chi connectivity index (χ0v) is 11.8. The second kappa shape index (κ2) is 5.09. The van der Waals surface area contributed by atoms with Crippen LogP contribution in [0.5, 0.6) is 0 Å². The van der Waals surface area contributed by atoms with E-state index in [2.05, 4.69) is 21.2 Å². The molecule has 1 heterocycles. The second-order valence-corrected chi connectivity index (χ2v) is 5.09. The summed E-state index contributed by atoms with van der Waals surface area (Å²) in [4.78, 5) is 12.0. The maximum atomic E-state index is 13.4. The minimum atomic E-state index is -0.438. The van der Waals surface area contributed by atoms with E-state index in [4.69, 9.17) is 4.42 Å². The van der Waals surface area contributed by atoms with Gasteiger partial charge in [-0.1, -0.05) is 18.2 Å². The number of rotatable bonds is 2. The van der Waals surface area contributed by atoms with Gasteiger partial charge in [0.05, 0.1) is 4.47 Å². The van der Waals surface area contributed by atoms with Gasteiger partial charge in [0.2, 0.25) is 0 Å². The molecule has 2 aromatic carbocycles. The molecule has 100 valence electrons. The summed E-state index contributed by atoms with van der Waals surface area (Å²) < 4.78 is 19.2. The van der Waals surface area contributed by atoms with E-state index in [1.807, 2.05) is 18.2 Å². The summed E-state index contributed by atoms with van der Waals surface area (Å²) in [6.45, 7) is 0. The van der Waals surface area contributed by atoms with Crippen LogP contribution >= 0.6 is 15.9 Å². The standard InChI is InChI=1S/C15H9BrFNO2/c16-11-6-5-10(8-12(11)17)18-15(19)14-7-9-3-1-2-4-13(9)20-14/h1-8H,(H,18,19). The molecule has 0 radical (unpaired) electrons. The number of benzene rings is 2. The Kier molecular flexibility index (Phi) is 3.28. The van der Waals surface area contributed by atoms with Crippen LogP contribution in [0.1, 0.15) is 10.6 Å². The van der Waals surface area contributed by atoms with Gasteiger partial charge >= 0.3 is 0 Å². The maximum Gasteiger partial charge on any atom is 0.291 e. The summed E-state index contributed by atoms with van der Waals surface area (Å²) in [6.07, 6.45) is 0. The number of carbonyl (C=O) groups is 1. The third kappa shape index (κ3) is 2.44. The molecule has 0 aliphatic heterocycles. The molecule has 0 saturated carbocycles. The van der Waals surface area contributed by atoms with E-state index in [0.717, 1.165) is 5.39 Å². The molecule has 5 heteroatoms. The summed E-state index contributed by atoms with van der Waals surface area (Å²) in [5.41, 5.74) is 1.01. The third-order valence-electron chi connectivity index (χ3n) is 2.83. The summed E-state index contributed by atoms with van der Waals surface area (Å²) >= 11 is 3.06. The summed E-state index contributed by atoms with van der Waals surface area (Å²) in [5, 5.41) is 3.44. The molecule has 0 saturated heterocycles. The van der Waals surface area contributed by atoms with Crippen LogP contribution < -0.4 is 5.32 Å². The van der Waals surface area contributed by atoms with E-state index in [-0.39, 0.29) is 5.76 Å². The van der Waals surface area contributed by atoms with Gasteiger partial charge < -0.3 is 9.73 Å².